The molecule has 1 saturated carbocycles. The molecule has 0 bridgehead atoms. The van der Waals surface area contributed by atoms with Crippen molar-refractivity contribution in [3.05, 3.63) is 36.2 Å². The van der Waals surface area contributed by atoms with Gasteiger partial charge in [-0.25, -0.2) is 0 Å². The zero-order chi connectivity index (χ0) is 29.7. The summed E-state index contributed by atoms with van der Waals surface area (Å²) in [6.07, 6.45) is -3.23. The number of nitrogens with zero attached hydrogens (tertiary/aromatic N) is 3. The second kappa shape index (κ2) is 10.5. The highest BCUT2D eigenvalue weighted by Crippen LogP contribution is 2.65. The molecule has 3 heterocycles. The van der Waals surface area contributed by atoms with Crippen molar-refractivity contribution >= 4 is 34.4 Å². The molecule has 3 fully saturated rings. The summed E-state index contributed by atoms with van der Waals surface area (Å²) in [6.45, 7) is 4.64. The topological polar surface area (TPSA) is 157 Å². The summed E-state index contributed by atoms with van der Waals surface area (Å²) in [5, 5.41) is 13.6. The number of fused-ring (bicyclic) bond motifs is 2. The first kappa shape index (κ1) is 28.7. The molecular weight excluding hydrogens is 545 g/mol. The quantitative estimate of drug-likeness (QED) is 0.427. The van der Waals surface area contributed by atoms with E-state index in [2.05, 4.69) is 15.5 Å². The minimum Gasteiger partial charge on any atom is -0.381 e. The molecule has 11 nitrogen and oxygen atoms in total. The number of hydrogen-bond donors (Lipinski definition) is 3. The molecule has 1 aromatic carbocycles. The van der Waals surface area contributed by atoms with Crippen LogP contribution < -0.4 is 16.4 Å². The average Bonchev–Trinajstić information content (AvgIpc) is 3.34. The van der Waals surface area contributed by atoms with Crippen LogP contribution in [0.25, 0.3) is 10.8 Å². The Morgan fingerprint density at radius 3 is 2.59 bits per heavy atom. The normalized spacial score (nSPS) is 26.2. The summed E-state index contributed by atoms with van der Waals surface area (Å²) in [4.78, 5) is 53.2. The molecule has 3 unspecified atom stereocenters. The number of nitrogens with two attached hydrogens (primary N) is 1. The average molecular weight is 577 g/mol. The summed E-state index contributed by atoms with van der Waals surface area (Å²) in [6, 6.07) is 2.97. The molecule has 2 aromatic rings. The third kappa shape index (κ3) is 5.44. The van der Waals surface area contributed by atoms with Crippen LogP contribution in [0.4, 0.5) is 13.2 Å². The van der Waals surface area contributed by atoms with Crippen LogP contribution in [0, 0.1) is 23.2 Å². The lowest BCUT2D eigenvalue weighted by molar-refractivity contribution is -0.175. The number of piperidine rings is 1. The van der Waals surface area contributed by atoms with Gasteiger partial charge in [-0.05, 0) is 36.0 Å². The summed E-state index contributed by atoms with van der Waals surface area (Å²) in [7, 11) is 0. The van der Waals surface area contributed by atoms with Gasteiger partial charge in [0, 0.05) is 30.5 Å². The number of carbonyl (C=O) groups excluding carboxylic acids is 4. The van der Waals surface area contributed by atoms with Crippen molar-refractivity contribution in [1.82, 2.24) is 25.7 Å². The number of primary amides is 1. The number of carbonyl (C=O) groups is 4. The van der Waals surface area contributed by atoms with Gasteiger partial charge >= 0.3 is 12.1 Å². The minimum absolute atomic E-state index is 0.0697. The molecule has 220 valence electrons. The predicted molar refractivity (Wildman–Crippen MR) is 137 cm³/mol. The molecule has 14 heteroatoms. The van der Waals surface area contributed by atoms with E-state index < -0.39 is 47.9 Å². The fourth-order valence-corrected chi connectivity index (χ4v) is 6.34. The zero-order valence-corrected chi connectivity index (χ0v) is 22.5. The summed E-state index contributed by atoms with van der Waals surface area (Å²) >= 11 is 0. The van der Waals surface area contributed by atoms with Crippen LogP contribution in [-0.2, 0) is 23.9 Å². The SMILES string of the molecule is CC1(C)[C@@H]2[C@@H](C(=O)NC(C(N)=O)c3nncc4ccccc34)N(C(=O)C(CC3CCOC3)NC(=O)C(F)(F)F)C[C@@H]21. The molecule has 4 N–H and O–H groups in total. The molecule has 41 heavy (non-hydrogen) atoms. The maximum atomic E-state index is 13.8. The summed E-state index contributed by atoms with van der Waals surface area (Å²) in [5.74, 6) is -5.26. The lowest BCUT2D eigenvalue weighted by Crippen LogP contribution is -2.58. The van der Waals surface area contributed by atoms with Gasteiger partial charge in [0.15, 0.2) is 6.04 Å². The Labute approximate surface area is 233 Å². The molecule has 2 aliphatic heterocycles. The van der Waals surface area contributed by atoms with E-state index in [-0.39, 0.29) is 48.4 Å². The molecule has 3 aliphatic rings. The lowest BCUT2D eigenvalue weighted by Gasteiger charge is -2.34. The first-order chi connectivity index (χ1) is 19.3. The monoisotopic (exact) mass is 576 g/mol. The van der Waals surface area contributed by atoms with Gasteiger partial charge in [-0.2, -0.15) is 23.4 Å². The smallest absolute Gasteiger partial charge is 0.381 e. The van der Waals surface area contributed by atoms with Gasteiger partial charge in [-0.3, -0.25) is 19.2 Å². The number of amides is 4. The number of halogens is 3. The van der Waals surface area contributed by atoms with Crippen LogP contribution in [0.3, 0.4) is 0 Å². The van der Waals surface area contributed by atoms with E-state index in [1.54, 1.807) is 24.3 Å². The van der Waals surface area contributed by atoms with Crippen LogP contribution >= 0.6 is 0 Å². The fourth-order valence-electron chi connectivity index (χ4n) is 6.34. The minimum atomic E-state index is -5.19. The van der Waals surface area contributed by atoms with E-state index in [4.69, 9.17) is 10.5 Å². The molecule has 4 amide bonds. The van der Waals surface area contributed by atoms with E-state index >= 15 is 0 Å². The van der Waals surface area contributed by atoms with Crippen molar-refractivity contribution < 1.29 is 37.1 Å². The molecule has 0 radical (unpaired) electrons. The maximum absolute atomic E-state index is 13.8. The number of nitrogens with one attached hydrogen (secondary N) is 2. The summed E-state index contributed by atoms with van der Waals surface area (Å²) in [5.41, 5.74) is 5.47. The van der Waals surface area contributed by atoms with Crippen molar-refractivity contribution in [2.75, 3.05) is 19.8 Å². The Morgan fingerprint density at radius 2 is 1.93 bits per heavy atom. The van der Waals surface area contributed by atoms with Gasteiger partial charge in [0.25, 0.3) is 0 Å². The molecule has 1 aliphatic carbocycles. The second-order valence-corrected chi connectivity index (χ2v) is 11.5. The van der Waals surface area contributed by atoms with Gasteiger partial charge in [0.2, 0.25) is 17.7 Å². The highest BCUT2D eigenvalue weighted by molar-refractivity contribution is 5.97. The van der Waals surface area contributed by atoms with E-state index in [0.717, 1.165) is 0 Å². The standard InChI is InChI=1S/C27H31F3N6O5/c1-26(2)16-11-36(24(39)17(9-13-7-8-41-12-13)33-25(40)27(28,29)30)21(18(16)26)23(38)34-20(22(31)37)19-15-6-4-3-5-14(15)10-32-35-19/h3-6,10,13,16-18,20-21H,7-9,11-12H2,1-2H3,(H2,31,37)(H,33,40)(H,34,38)/t13?,16-,17?,18-,20?,21-/m0/s1. The van der Waals surface area contributed by atoms with E-state index in [1.807, 2.05) is 19.2 Å². The van der Waals surface area contributed by atoms with Gasteiger partial charge in [-0.1, -0.05) is 38.1 Å². The number of rotatable bonds is 8. The Morgan fingerprint density at radius 1 is 1.20 bits per heavy atom. The number of alkyl halides is 3. The van der Waals surface area contributed by atoms with Gasteiger partial charge < -0.3 is 26.0 Å². The molecule has 2 saturated heterocycles. The first-order valence-electron chi connectivity index (χ1n) is 13.4. The van der Waals surface area contributed by atoms with E-state index in [9.17, 15) is 32.3 Å². The maximum Gasteiger partial charge on any atom is 0.471 e. The Hall–Kier alpha value is -3.81. The zero-order valence-electron chi connectivity index (χ0n) is 22.5. The van der Waals surface area contributed by atoms with Crippen LogP contribution in [0.5, 0.6) is 0 Å². The van der Waals surface area contributed by atoms with Crippen LogP contribution in [-0.4, -0.2) is 76.7 Å². The third-order valence-corrected chi connectivity index (χ3v) is 8.66. The highest BCUT2D eigenvalue weighted by atomic mass is 19.4. The molecule has 6 atom stereocenters. The Bertz CT molecular complexity index is 1370. The first-order valence-corrected chi connectivity index (χ1v) is 13.4. The third-order valence-electron chi connectivity index (χ3n) is 8.66. The highest BCUT2D eigenvalue weighted by Gasteiger charge is 2.69. The predicted octanol–water partition coefficient (Wildman–Crippen LogP) is 1.23. The molecule has 5 rings (SSSR count). The van der Waals surface area contributed by atoms with E-state index in [1.165, 1.54) is 11.1 Å². The fraction of sp³-hybridized carbons (Fsp3) is 0.556. The van der Waals surface area contributed by atoms with E-state index in [0.29, 0.717) is 23.8 Å². The number of likely N-dealkylation sites (tertiary alicyclic amines) is 1. The Kier molecular flexibility index (Phi) is 7.38. The van der Waals surface area contributed by atoms with Crippen molar-refractivity contribution in [1.29, 1.82) is 0 Å². The molecule has 0 spiro atoms. The second-order valence-electron chi connectivity index (χ2n) is 11.5. The lowest BCUT2D eigenvalue weighted by atomic mass is 9.95. The van der Waals surface area contributed by atoms with Gasteiger partial charge in [0.05, 0.1) is 6.20 Å². The van der Waals surface area contributed by atoms with Crippen molar-refractivity contribution in [3.8, 4) is 0 Å². The van der Waals surface area contributed by atoms with Gasteiger partial charge in [0.1, 0.15) is 17.8 Å². The molecule has 1 aromatic heterocycles. The number of hydrogen-bond acceptors (Lipinski definition) is 7. The van der Waals surface area contributed by atoms with Crippen molar-refractivity contribution in [3.63, 3.8) is 0 Å². The van der Waals surface area contributed by atoms with Crippen molar-refractivity contribution in [2.45, 2.75) is 51.0 Å². The number of benzene rings is 1. The molecular formula is C27H31F3N6O5. The number of aromatic nitrogens is 2. The van der Waals surface area contributed by atoms with Crippen LogP contribution in [0.2, 0.25) is 0 Å². The summed E-state index contributed by atoms with van der Waals surface area (Å²) < 4.78 is 44.8. The largest absolute Gasteiger partial charge is 0.471 e. The Balaban J connectivity index is 1.42. The van der Waals surface area contributed by atoms with Crippen molar-refractivity contribution in [2.24, 2.45) is 28.9 Å². The van der Waals surface area contributed by atoms with Crippen LogP contribution in [0.1, 0.15) is 38.4 Å². The van der Waals surface area contributed by atoms with Gasteiger partial charge in [-0.15, -0.1) is 0 Å². The number of ether oxygens (including phenoxy) is 1. The van der Waals surface area contributed by atoms with Crippen LogP contribution in [0.15, 0.2) is 30.5 Å².